The van der Waals surface area contributed by atoms with Gasteiger partial charge >= 0.3 is 5.97 Å². The first-order chi connectivity index (χ1) is 14.6. The third kappa shape index (κ3) is 4.53. The monoisotopic (exact) mass is 410 g/mol. The van der Waals surface area contributed by atoms with E-state index in [4.69, 9.17) is 14.2 Å². The van der Waals surface area contributed by atoms with E-state index in [-0.39, 0.29) is 24.3 Å². The normalized spacial score (nSPS) is 14.9. The summed E-state index contributed by atoms with van der Waals surface area (Å²) in [4.78, 5) is 37.1. The average Bonchev–Trinajstić information content (AvgIpc) is 3.43. The molecule has 2 aliphatic rings. The summed E-state index contributed by atoms with van der Waals surface area (Å²) in [6.07, 6.45) is 4.16. The van der Waals surface area contributed by atoms with Crippen molar-refractivity contribution in [2.45, 2.75) is 31.7 Å². The van der Waals surface area contributed by atoms with Crippen LogP contribution in [0, 0.1) is 0 Å². The summed E-state index contributed by atoms with van der Waals surface area (Å²) in [5.41, 5.74) is 1.00. The molecule has 1 aliphatic carbocycles. The maximum absolute atomic E-state index is 12.6. The van der Waals surface area contributed by atoms with Gasteiger partial charge in [0, 0.05) is 6.04 Å². The fourth-order valence-electron chi connectivity index (χ4n) is 3.55. The highest BCUT2D eigenvalue weighted by Gasteiger charge is 2.21. The molecular weight excluding hydrogens is 388 g/mol. The number of rotatable bonds is 6. The molecule has 2 aromatic rings. The molecule has 30 heavy (non-hydrogen) atoms. The van der Waals surface area contributed by atoms with E-state index in [0.29, 0.717) is 22.7 Å². The number of para-hydroxylation sites is 1. The van der Waals surface area contributed by atoms with Gasteiger partial charge in [-0.1, -0.05) is 25.0 Å². The molecule has 0 radical (unpaired) electrons. The number of hydrogen-bond donors (Lipinski definition) is 2. The summed E-state index contributed by atoms with van der Waals surface area (Å²) in [6, 6.07) is 11.6. The second-order valence-electron chi connectivity index (χ2n) is 7.19. The lowest BCUT2D eigenvalue weighted by Gasteiger charge is -2.15. The maximum atomic E-state index is 12.6. The predicted octanol–water partition coefficient (Wildman–Crippen LogP) is 2.88. The van der Waals surface area contributed by atoms with Crippen LogP contribution in [-0.2, 0) is 9.53 Å². The molecule has 4 rings (SSSR count). The van der Waals surface area contributed by atoms with E-state index in [1.165, 1.54) is 12.1 Å². The Kier molecular flexibility index (Phi) is 5.83. The number of nitrogens with one attached hydrogen (secondary N) is 2. The molecule has 2 aromatic carbocycles. The zero-order chi connectivity index (χ0) is 20.9. The fraction of sp³-hybridized carbons (Fsp3) is 0.318. The molecule has 1 saturated carbocycles. The second kappa shape index (κ2) is 8.86. The van der Waals surface area contributed by atoms with Crippen molar-refractivity contribution in [3.63, 3.8) is 0 Å². The van der Waals surface area contributed by atoms with Crippen LogP contribution in [-0.4, -0.2) is 37.2 Å². The summed E-state index contributed by atoms with van der Waals surface area (Å²) in [7, 11) is 0. The van der Waals surface area contributed by atoms with Gasteiger partial charge in [-0.3, -0.25) is 9.59 Å². The first-order valence-corrected chi connectivity index (χ1v) is 9.86. The number of carbonyl (C=O) groups is 3. The Morgan fingerprint density at radius 3 is 2.60 bits per heavy atom. The van der Waals surface area contributed by atoms with Crippen molar-refractivity contribution in [2.75, 3.05) is 18.7 Å². The number of carbonyl (C=O) groups excluding carboxylic acids is 3. The van der Waals surface area contributed by atoms with Gasteiger partial charge in [-0.2, -0.15) is 0 Å². The maximum Gasteiger partial charge on any atom is 0.338 e. The van der Waals surface area contributed by atoms with E-state index in [9.17, 15) is 14.4 Å². The predicted molar refractivity (Wildman–Crippen MR) is 108 cm³/mol. The van der Waals surface area contributed by atoms with Crippen LogP contribution in [0.3, 0.4) is 0 Å². The van der Waals surface area contributed by atoms with Crippen LogP contribution in [0.5, 0.6) is 11.5 Å². The standard InChI is InChI=1S/C22H22N2O6/c25-20(12-28-22(27)14-9-10-18-19(11-14)30-13-29-18)24-17-8-4-3-7-16(17)21(26)23-15-5-1-2-6-15/h3-4,7-11,15H,1-2,5-6,12-13H2,(H,23,26)(H,24,25). The first-order valence-electron chi connectivity index (χ1n) is 9.86. The van der Waals surface area contributed by atoms with Crippen LogP contribution in [0.4, 0.5) is 5.69 Å². The van der Waals surface area contributed by atoms with Gasteiger partial charge in [-0.15, -0.1) is 0 Å². The van der Waals surface area contributed by atoms with Gasteiger partial charge in [0.05, 0.1) is 16.8 Å². The summed E-state index contributed by atoms with van der Waals surface area (Å²) in [5.74, 6) is -0.413. The molecule has 2 N–H and O–H groups in total. The molecule has 8 nitrogen and oxygen atoms in total. The molecule has 0 bridgehead atoms. The van der Waals surface area contributed by atoms with Crippen LogP contribution in [0.1, 0.15) is 46.4 Å². The van der Waals surface area contributed by atoms with Crippen molar-refractivity contribution in [3.8, 4) is 11.5 Å². The van der Waals surface area contributed by atoms with E-state index < -0.39 is 18.5 Å². The van der Waals surface area contributed by atoms with Crippen LogP contribution >= 0.6 is 0 Å². The van der Waals surface area contributed by atoms with Crippen molar-refractivity contribution in [1.29, 1.82) is 0 Å². The van der Waals surface area contributed by atoms with Crippen LogP contribution in [0.15, 0.2) is 42.5 Å². The molecule has 8 heteroatoms. The van der Waals surface area contributed by atoms with Crippen molar-refractivity contribution >= 4 is 23.5 Å². The molecular formula is C22H22N2O6. The molecule has 156 valence electrons. The number of anilines is 1. The smallest absolute Gasteiger partial charge is 0.338 e. The van der Waals surface area contributed by atoms with Gasteiger partial charge in [-0.25, -0.2) is 4.79 Å². The Labute approximate surface area is 173 Å². The van der Waals surface area contributed by atoms with Crippen molar-refractivity contribution in [2.24, 2.45) is 0 Å². The summed E-state index contributed by atoms with van der Waals surface area (Å²) in [5, 5.41) is 5.65. The van der Waals surface area contributed by atoms with Crippen LogP contribution in [0.2, 0.25) is 0 Å². The summed E-state index contributed by atoms with van der Waals surface area (Å²) < 4.78 is 15.5. The van der Waals surface area contributed by atoms with Crippen LogP contribution in [0.25, 0.3) is 0 Å². The average molecular weight is 410 g/mol. The summed E-state index contributed by atoms with van der Waals surface area (Å²) >= 11 is 0. The third-order valence-electron chi connectivity index (χ3n) is 5.08. The lowest BCUT2D eigenvalue weighted by molar-refractivity contribution is -0.119. The molecule has 0 saturated heterocycles. The summed E-state index contributed by atoms with van der Waals surface area (Å²) in [6.45, 7) is -0.379. The Bertz CT molecular complexity index is 968. The zero-order valence-electron chi connectivity index (χ0n) is 16.3. The minimum atomic E-state index is -0.657. The van der Waals surface area contributed by atoms with Gasteiger partial charge in [0.15, 0.2) is 18.1 Å². The SMILES string of the molecule is O=C(COC(=O)c1ccc2c(c1)OCO2)Nc1ccccc1C(=O)NC1CCCC1. The highest BCUT2D eigenvalue weighted by molar-refractivity contribution is 6.04. The quantitative estimate of drug-likeness (QED) is 0.710. The Morgan fingerprint density at radius 1 is 1.00 bits per heavy atom. The topological polar surface area (TPSA) is 103 Å². The number of benzene rings is 2. The van der Waals surface area contributed by atoms with Gasteiger partial charge < -0.3 is 24.8 Å². The van der Waals surface area contributed by atoms with Crippen molar-refractivity contribution in [1.82, 2.24) is 5.32 Å². The highest BCUT2D eigenvalue weighted by atomic mass is 16.7. The first kappa shape index (κ1) is 19.8. The number of hydrogen-bond acceptors (Lipinski definition) is 6. The van der Waals surface area contributed by atoms with Gasteiger partial charge in [0.25, 0.3) is 11.8 Å². The molecule has 0 unspecified atom stereocenters. The second-order valence-corrected chi connectivity index (χ2v) is 7.19. The zero-order valence-corrected chi connectivity index (χ0v) is 16.3. The molecule has 0 atom stereocenters. The molecule has 0 spiro atoms. The minimum Gasteiger partial charge on any atom is -0.454 e. The molecule has 2 amide bonds. The highest BCUT2D eigenvalue weighted by Crippen LogP contribution is 2.32. The number of amides is 2. The molecule has 1 aliphatic heterocycles. The Balaban J connectivity index is 1.34. The number of fused-ring (bicyclic) bond motifs is 1. The third-order valence-corrected chi connectivity index (χ3v) is 5.08. The Hall–Kier alpha value is -3.55. The van der Waals surface area contributed by atoms with Crippen molar-refractivity contribution < 1.29 is 28.6 Å². The van der Waals surface area contributed by atoms with E-state index in [2.05, 4.69) is 10.6 Å². The Morgan fingerprint density at radius 2 is 1.77 bits per heavy atom. The lowest BCUT2D eigenvalue weighted by Crippen LogP contribution is -2.33. The van der Waals surface area contributed by atoms with Crippen molar-refractivity contribution in [3.05, 3.63) is 53.6 Å². The molecule has 1 fully saturated rings. The van der Waals surface area contributed by atoms with E-state index in [1.807, 2.05) is 0 Å². The number of esters is 1. The van der Waals surface area contributed by atoms with E-state index >= 15 is 0 Å². The van der Waals surface area contributed by atoms with Crippen LogP contribution < -0.4 is 20.1 Å². The van der Waals surface area contributed by atoms with Gasteiger partial charge in [0.2, 0.25) is 6.79 Å². The van der Waals surface area contributed by atoms with Gasteiger partial charge in [0.1, 0.15) is 0 Å². The largest absolute Gasteiger partial charge is 0.454 e. The fourth-order valence-corrected chi connectivity index (χ4v) is 3.55. The van der Waals surface area contributed by atoms with Gasteiger partial charge in [-0.05, 0) is 43.2 Å². The lowest BCUT2D eigenvalue weighted by atomic mass is 10.1. The van der Waals surface area contributed by atoms with E-state index in [1.54, 1.807) is 30.3 Å². The molecule has 0 aromatic heterocycles. The molecule has 1 heterocycles. The minimum absolute atomic E-state index is 0.101. The number of ether oxygens (including phenoxy) is 3. The van der Waals surface area contributed by atoms with E-state index in [0.717, 1.165) is 25.7 Å².